The van der Waals surface area contributed by atoms with Crippen molar-refractivity contribution in [2.75, 3.05) is 0 Å². The first-order valence-corrected chi connectivity index (χ1v) is 16.5. The minimum absolute atomic E-state index is 0.0000520. The van der Waals surface area contributed by atoms with Crippen LogP contribution in [0.5, 0.6) is 0 Å². The molecular weight excluding hydrogens is 520 g/mol. The summed E-state index contributed by atoms with van der Waals surface area (Å²) in [7, 11) is 0. The number of aliphatic hydroxyl groups excluding tert-OH is 1. The van der Waals surface area contributed by atoms with Gasteiger partial charge >= 0.3 is 11.9 Å². The maximum absolute atomic E-state index is 13.2. The van der Waals surface area contributed by atoms with Crippen molar-refractivity contribution in [1.82, 2.24) is 0 Å². The number of cyclic esters (lactones) is 1. The zero-order chi connectivity index (χ0) is 30.7. The molecule has 1 saturated heterocycles. The maximum atomic E-state index is 13.2. The topological polar surface area (TPSA) is 113 Å². The average molecular weight is 579 g/mol. The molecular formula is C34H58O7. The van der Waals surface area contributed by atoms with Crippen molar-refractivity contribution < 1.29 is 34.4 Å². The SMILES string of the molecule is CCC(C)CC(C)(O)CC(=O)O[C@H]1C[C@@]2(C)C[C@H]3C(C)CC[C@@H]4[C@@H](C)OC(=O)[C@H](O)[C@]4(O)C(C)[C@@H]3C[C@@H]2[C@@H]1C(C)C. The van der Waals surface area contributed by atoms with E-state index in [2.05, 4.69) is 41.5 Å². The van der Waals surface area contributed by atoms with Crippen molar-refractivity contribution in [1.29, 1.82) is 0 Å². The van der Waals surface area contributed by atoms with Crippen LogP contribution in [-0.2, 0) is 19.1 Å². The van der Waals surface area contributed by atoms with Crippen molar-refractivity contribution in [3.63, 3.8) is 0 Å². The van der Waals surface area contributed by atoms with Gasteiger partial charge < -0.3 is 24.8 Å². The van der Waals surface area contributed by atoms with Crippen molar-refractivity contribution in [2.24, 2.45) is 58.7 Å². The summed E-state index contributed by atoms with van der Waals surface area (Å²) in [5.74, 6) is 0.383. The molecule has 3 saturated carbocycles. The summed E-state index contributed by atoms with van der Waals surface area (Å²) < 4.78 is 11.7. The Morgan fingerprint density at radius 3 is 2.39 bits per heavy atom. The van der Waals surface area contributed by atoms with Gasteiger partial charge in [0.2, 0.25) is 0 Å². The van der Waals surface area contributed by atoms with Crippen LogP contribution >= 0.6 is 0 Å². The molecule has 4 aliphatic rings. The quantitative estimate of drug-likeness (QED) is 0.341. The van der Waals surface area contributed by atoms with E-state index in [9.17, 15) is 24.9 Å². The standard InChI is InChI=1S/C34H58O7/c1-10-19(4)14-33(9,38)17-28(35)41-27-16-32(8)15-24-20(5)11-12-25-22(7)40-31(37)30(36)34(25,39)21(6)23(24)13-26(32)29(27)18(2)3/h18-27,29-30,36,38-39H,10-17H2,1-9H3/t19?,20?,21?,22-,23+,24+,25-,26-,27+,29+,30+,32-,33?,34+/m1/s1. The first-order chi connectivity index (χ1) is 18.9. The van der Waals surface area contributed by atoms with Crippen molar-refractivity contribution >= 4 is 11.9 Å². The van der Waals surface area contributed by atoms with Gasteiger partial charge in [0, 0.05) is 11.8 Å². The van der Waals surface area contributed by atoms with Crippen molar-refractivity contribution in [2.45, 2.75) is 143 Å². The second-order valence-electron chi connectivity index (χ2n) is 15.9. The molecule has 7 nitrogen and oxygen atoms in total. The molecule has 1 heterocycles. The van der Waals surface area contributed by atoms with Crippen LogP contribution in [-0.4, -0.2) is 56.8 Å². The molecule has 0 bridgehead atoms. The summed E-state index contributed by atoms with van der Waals surface area (Å²) in [6, 6.07) is 0. The molecule has 4 unspecified atom stereocenters. The lowest BCUT2D eigenvalue weighted by Crippen LogP contribution is -2.67. The third kappa shape index (κ3) is 5.98. The molecule has 0 amide bonds. The minimum Gasteiger partial charge on any atom is -0.462 e. The number of carbonyl (C=O) groups excluding carboxylic acids is 2. The second kappa shape index (κ2) is 11.7. The van der Waals surface area contributed by atoms with E-state index in [1.807, 2.05) is 13.8 Å². The number of hydrogen-bond donors (Lipinski definition) is 3. The monoisotopic (exact) mass is 578 g/mol. The van der Waals surface area contributed by atoms with Gasteiger partial charge in [0.05, 0.1) is 12.0 Å². The van der Waals surface area contributed by atoms with Gasteiger partial charge in [0.1, 0.15) is 17.8 Å². The van der Waals surface area contributed by atoms with E-state index >= 15 is 0 Å². The molecule has 0 aromatic rings. The Labute approximate surface area is 248 Å². The number of carbonyl (C=O) groups is 2. The van der Waals surface area contributed by atoms with Gasteiger partial charge in [-0.15, -0.1) is 0 Å². The number of ether oxygens (including phenoxy) is 2. The Hall–Kier alpha value is -1.18. The highest BCUT2D eigenvalue weighted by atomic mass is 16.6. The molecule has 236 valence electrons. The molecule has 41 heavy (non-hydrogen) atoms. The Balaban J connectivity index is 1.60. The van der Waals surface area contributed by atoms with Crippen molar-refractivity contribution in [3.8, 4) is 0 Å². The molecule has 0 spiro atoms. The van der Waals surface area contributed by atoms with Crippen LogP contribution in [0, 0.1) is 58.7 Å². The third-order valence-electron chi connectivity index (χ3n) is 12.5. The fourth-order valence-corrected chi connectivity index (χ4v) is 10.2. The molecule has 0 radical (unpaired) electrons. The van der Waals surface area contributed by atoms with Crippen LogP contribution < -0.4 is 0 Å². The molecule has 4 fully saturated rings. The van der Waals surface area contributed by atoms with Crippen LogP contribution in [0.25, 0.3) is 0 Å². The molecule has 14 atom stereocenters. The van der Waals surface area contributed by atoms with Gasteiger partial charge in [-0.1, -0.05) is 54.9 Å². The third-order valence-corrected chi connectivity index (χ3v) is 12.5. The van der Waals surface area contributed by atoms with E-state index in [1.54, 1.807) is 6.92 Å². The normalized spacial score (nSPS) is 46.7. The summed E-state index contributed by atoms with van der Waals surface area (Å²) in [6.45, 7) is 18.9. The summed E-state index contributed by atoms with van der Waals surface area (Å²) in [6.07, 6.45) is 3.62. The molecule has 3 N–H and O–H groups in total. The summed E-state index contributed by atoms with van der Waals surface area (Å²) in [5.41, 5.74) is -2.62. The Bertz CT molecular complexity index is 963. The molecule has 0 aromatic heterocycles. The van der Waals surface area contributed by atoms with Crippen molar-refractivity contribution in [3.05, 3.63) is 0 Å². The van der Waals surface area contributed by atoms with Gasteiger partial charge in [0.15, 0.2) is 6.10 Å². The Morgan fingerprint density at radius 2 is 1.78 bits per heavy atom. The lowest BCUT2D eigenvalue weighted by atomic mass is 9.50. The highest BCUT2D eigenvalue weighted by Gasteiger charge is 2.64. The Morgan fingerprint density at radius 1 is 1.12 bits per heavy atom. The highest BCUT2D eigenvalue weighted by Crippen LogP contribution is 2.64. The molecule has 7 heteroatoms. The largest absolute Gasteiger partial charge is 0.462 e. The van der Waals surface area contributed by atoms with E-state index in [-0.39, 0.29) is 47.6 Å². The fourth-order valence-electron chi connectivity index (χ4n) is 10.2. The highest BCUT2D eigenvalue weighted by molar-refractivity contribution is 5.77. The molecule has 3 aliphatic carbocycles. The fraction of sp³-hybridized carbons (Fsp3) is 0.941. The van der Waals surface area contributed by atoms with Crippen LogP contribution in [0.1, 0.15) is 114 Å². The lowest BCUT2D eigenvalue weighted by Gasteiger charge is -2.58. The zero-order valence-electron chi connectivity index (χ0n) is 27.1. The minimum atomic E-state index is -1.54. The van der Waals surface area contributed by atoms with Gasteiger partial charge in [-0.3, -0.25) is 4.79 Å². The van der Waals surface area contributed by atoms with E-state index in [1.165, 1.54) is 0 Å². The number of rotatable bonds is 7. The summed E-state index contributed by atoms with van der Waals surface area (Å²) >= 11 is 0. The smallest absolute Gasteiger partial charge is 0.338 e. The van der Waals surface area contributed by atoms with E-state index in [0.29, 0.717) is 42.4 Å². The number of hydrogen-bond acceptors (Lipinski definition) is 7. The first kappa shape index (κ1) is 32.7. The van der Waals surface area contributed by atoms with E-state index in [0.717, 1.165) is 32.1 Å². The summed E-state index contributed by atoms with van der Waals surface area (Å²) in [5, 5.41) is 34.2. The van der Waals surface area contributed by atoms with Crippen LogP contribution in [0.3, 0.4) is 0 Å². The zero-order valence-corrected chi connectivity index (χ0v) is 27.1. The van der Waals surface area contributed by atoms with Gasteiger partial charge in [-0.2, -0.15) is 0 Å². The average Bonchev–Trinajstić information content (AvgIpc) is 3.15. The second-order valence-corrected chi connectivity index (χ2v) is 15.9. The number of aliphatic hydroxyl groups is 3. The van der Waals surface area contributed by atoms with Gasteiger partial charge in [0.25, 0.3) is 0 Å². The number of fused-ring (bicyclic) bond motifs is 3. The molecule has 0 aromatic carbocycles. The summed E-state index contributed by atoms with van der Waals surface area (Å²) in [4.78, 5) is 25.8. The lowest BCUT2D eigenvalue weighted by molar-refractivity contribution is -0.245. The van der Waals surface area contributed by atoms with Gasteiger partial charge in [-0.05, 0) is 99.2 Å². The van der Waals surface area contributed by atoms with Crippen LogP contribution in [0.15, 0.2) is 0 Å². The van der Waals surface area contributed by atoms with Gasteiger partial charge in [-0.25, -0.2) is 4.79 Å². The van der Waals surface area contributed by atoms with Crippen LogP contribution in [0.4, 0.5) is 0 Å². The van der Waals surface area contributed by atoms with E-state index < -0.39 is 29.4 Å². The molecule has 4 rings (SSSR count). The van der Waals surface area contributed by atoms with E-state index in [4.69, 9.17) is 9.47 Å². The predicted octanol–water partition coefficient (Wildman–Crippen LogP) is 5.52. The molecule has 1 aliphatic heterocycles. The maximum Gasteiger partial charge on any atom is 0.338 e. The van der Waals surface area contributed by atoms with Crippen LogP contribution in [0.2, 0.25) is 0 Å². The Kier molecular flexibility index (Phi) is 9.36. The number of esters is 2. The first-order valence-electron chi connectivity index (χ1n) is 16.5. The predicted molar refractivity (Wildman–Crippen MR) is 158 cm³/mol.